The van der Waals surface area contributed by atoms with Crippen LogP contribution in [0.25, 0.3) is 11.3 Å². The number of hydrogen-bond donors (Lipinski definition) is 1. The Hall–Kier alpha value is -3.11. The third-order valence-corrected chi connectivity index (χ3v) is 10.1. The first-order valence-corrected chi connectivity index (χ1v) is 16.3. The van der Waals surface area contributed by atoms with Crippen LogP contribution in [-0.2, 0) is 6.42 Å². The van der Waals surface area contributed by atoms with Crippen molar-refractivity contribution < 1.29 is 4.79 Å². The van der Waals surface area contributed by atoms with E-state index in [2.05, 4.69) is 57.1 Å². The van der Waals surface area contributed by atoms with E-state index in [9.17, 15) is 4.79 Å². The summed E-state index contributed by atoms with van der Waals surface area (Å²) in [6, 6.07) is 13.0. The van der Waals surface area contributed by atoms with Crippen molar-refractivity contribution in [3.8, 4) is 23.1 Å². The molecule has 2 aromatic carbocycles. The molecule has 2 amide bonds. The van der Waals surface area contributed by atoms with E-state index in [1.54, 1.807) is 6.33 Å². The molecule has 8 heteroatoms. The maximum absolute atomic E-state index is 13.5. The van der Waals surface area contributed by atoms with E-state index < -0.39 is 0 Å². The minimum atomic E-state index is -0.275. The number of amides is 2. The van der Waals surface area contributed by atoms with E-state index in [0.717, 1.165) is 79.7 Å². The van der Waals surface area contributed by atoms with E-state index in [0.29, 0.717) is 28.5 Å². The maximum Gasteiger partial charge on any atom is 0.318 e. The predicted octanol–water partition coefficient (Wildman–Crippen LogP) is 7.76. The number of urea groups is 1. The van der Waals surface area contributed by atoms with Gasteiger partial charge in [-0.1, -0.05) is 53.2 Å². The lowest BCUT2D eigenvalue weighted by molar-refractivity contribution is 0.0970. The third-order valence-electron chi connectivity index (χ3n) is 9.18. The van der Waals surface area contributed by atoms with E-state index in [4.69, 9.17) is 23.2 Å². The number of nitrogens with zero attached hydrogens (tertiary/aromatic N) is 4. The molecule has 1 saturated carbocycles. The first kappa shape index (κ1) is 29.9. The first-order valence-electron chi connectivity index (χ1n) is 15.5. The Morgan fingerprint density at radius 3 is 2.58 bits per heavy atom. The second-order valence-electron chi connectivity index (χ2n) is 12.1. The van der Waals surface area contributed by atoms with Gasteiger partial charge >= 0.3 is 6.03 Å². The van der Waals surface area contributed by atoms with Crippen molar-refractivity contribution in [3.05, 3.63) is 80.7 Å². The molecule has 0 spiro atoms. The van der Waals surface area contributed by atoms with Gasteiger partial charge in [-0.15, -0.1) is 0 Å². The Morgan fingerprint density at radius 1 is 1.07 bits per heavy atom. The summed E-state index contributed by atoms with van der Waals surface area (Å²) < 4.78 is 0. The number of likely N-dealkylation sites (tertiary alicyclic amines) is 1. The Bertz CT molecular complexity index is 1570. The molecule has 3 aliphatic rings. The highest BCUT2D eigenvalue weighted by Crippen LogP contribution is 2.39. The summed E-state index contributed by atoms with van der Waals surface area (Å²) in [7, 11) is 0. The zero-order valence-corrected chi connectivity index (χ0v) is 26.7. The largest absolute Gasteiger partial charge is 0.331 e. The van der Waals surface area contributed by atoms with Crippen LogP contribution in [0.1, 0.15) is 86.0 Å². The van der Waals surface area contributed by atoms with Crippen molar-refractivity contribution in [1.29, 1.82) is 0 Å². The quantitative estimate of drug-likeness (QED) is 0.288. The van der Waals surface area contributed by atoms with Crippen LogP contribution < -0.4 is 5.32 Å². The zero-order valence-electron chi connectivity index (χ0n) is 25.2. The fraction of sp³-hybridized carbons (Fsp3) is 0.457. The van der Waals surface area contributed by atoms with Crippen LogP contribution >= 0.6 is 23.2 Å². The number of nitrogens with one attached hydrogen (secondary N) is 1. The molecule has 43 heavy (non-hydrogen) atoms. The van der Waals surface area contributed by atoms with Crippen LogP contribution in [0.4, 0.5) is 4.79 Å². The van der Waals surface area contributed by atoms with Crippen LogP contribution in [-0.4, -0.2) is 51.5 Å². The standard InChI is InChI=1S/C35H39Cl2N5O/c1-4-42(35(43)40-23(3)29-12-9-25(33(36)34(29)37)8-7-24-5-6-24)28-15-17-41(18-16-28)32-14-11-26-20-27(10-13-30(26)32)31-19-22(2)38-21-39-31/h9-10,12-13,19-21,23-24,28,32H,4-6,11,14-18H2,1-3H3,(H,40,43)/t23-,32?/m0/s1. The highest BCUT2D eigenvalue weighted by atomic mass is 35.5. The molecular formula is C35H39Cl2N5O. The molecule has 6 rings (SSSR count). The summed E-state index contributed by atoms with van der Waals surface area (Å²) >= 11 is 13.2. The summed E-state index contributed by atoms with van der Waals surface area (Å²) in [4.78, 5) is 26.8. The Morgan fingerprint density at radius 2 is 1.86 bits per heavy atom. The van der Waals surface area contributed by atoms with Gasteiger partial charge in [0.2, 0.25) is 0 Å². The number of benzene rings is 2. The first-order chi connectivity index (χ1) is 20.8. The maximum atomic E-state index is 13.5. The van der Waals surface area contributed by atoms with Crippen molar-refractivity contribution in [2.75, 3.05) is 19.6 Å². The summed E-state index contributed by atoms with van der Waals surface area (Å²) in [5.74, 6) is 6.89. The van der Waals surface area contributed by atoms with Gasteiger partial charge in [-0.25, -0.2) is 14.8 Å². The summed E-state index contributed by atoms with van der Waals surface area (Å²) in [6.07, 6.45) is 8.09. The molecule has 1 saturated heterocycles. The third kappa shape index (κ3) is 6.55. The van der Waals surface area contributed by atoms with Crippen molar-refractivity contribution in [2.45, 2.75) is 77.4 Å². The Kier molecular flexibility index (Phi) is 8.95. The fourth-order valence-electron chi connectivity index (χ4n) is 6.57. The van der Waals surface area contributed by atoms with Gasteiger partial charge in [0.25, 0.3) is 0 Å². The van der Waals surface area contributed by atoms with Crippen LogP contribution in [0.5, 0.6) is 0 Å². The molecule has 1 aliphatic heterocycles. The predicted molar refractivity (Wildman–Crippen MR) is 173 cm³/mol. The van der Waals surface area contributed by atoms with Gasteiger partial charge in [-0.2, -0.15) is 0 Å². The molecule has 6 nitrogen and oxygen atoms in total. The summed E-state index contributed by atoms with van der Waals surface area (Å²) in [5.41, 5.74) is 7.52. The van der Waals surface area contributed by atoms with Gasteiger partial charge in [0.05, 0.1) is 21.8 Å². The van der Waals surface area contributed by atoms with Crippen LogP contribution in [0, 0.1) is 24.7 Å². The summed E-state index contributed by atoms with van der Waals surface area (Å²) in [5, 5.41) is 4.10. The number of carbonyl (C=O) groups is 1. The number of fused-ring (bicyclic) bond motifs is 1. The minimum Gasteiger partial charge on any atom is -0.331 e. The van der Waals surface area contributed by atoms with Gasteiger partial charge in [0.15, 0.2) is 0 Å². The molecule has 1 aromatic heterocycles. The molecule has 2 atom stereocenters. The molecule has 2 heterocycles. The number of aromatic nitrogens is 2. The highest BCUT2D eigenvalue weighted by molar-refractivity contribution is 6.43. The number of hydrogen-bond acceptors (Lipinski definition) is 4. The molecule has 0 bridgehead atoms. The monoisotopic (exact) mass is 615 g/mol. The second-order valence-corrected chi connectivity index (χ2v) is 12.9. The van der Waals surface area contributed by atoms with Crippen molar-refractivity contribution in [2.24, 2.45) is 5.92 Å². The number of halogens is 2. The van der Waals surface area contributed by atoms with E-state index in [1.807, 2.05) is 36.9 Å². The van der Waals surface area contributed by atoms with Crippen LogP contribution in [0.15, 0.2) is 42.7 Å². The molecule has 2 aliphatic carbocycles. The molecule has 0 radical (unpaired) electrons. The van der Waals surface area contributed by atoms with Gasteiger partial charge in [0, 0.05) is 54.5 Å². The van der Waals surface area contributed by atoms with Crippen molar-refractivity contribution in [3.63, 3.8) is 0 Å². The van der Waals surface area contributed by atoms with E-state index in [-0.39, 0.29) is 18.1 Å². The Labute approximate surface area is 265 Å². The van der Waals surface area contributed by atoms with Crippen molar-refractivity contribution in [1.82, 2.24) is 25.1 Å². The topological polar surface area (TPSA) is 61.4 Å². The number of aryl methyl sites for hydroxylation is 2. The van der Waals surface area contributed by atoms with Gasteiger partial charge in [-0.3, -0.25) is 4.90 Å². The average molecular weight is 617 g/mol. The van der Waals surface area contributed by atoms with Gasteiger partial charge in [-0.05, 0) is 94.2 Å². The number of carbonyl (C=O) groups excluding carboxylic acids is 1. The zero-order chi connectivity index (χ0) is 30.1. The highest BCUT2D eigenvalue weighted by Gasteiger charge is 2.34. The molecular weight excluding hydrogens is 577 g/mol. The SMILES string of the molecule is CCN(C(=O)N[C@@H](C)c1ccc(C#CC2CC2)c(Cl)c1Cl)C1CCN(C2CCc3cc(-c4cc(C)ncn4)ccc32)CC1. The number of rotatable bonds is 6. The average Bonchev–Trinajstić information content (AvgIpc) is 3.75. The fourth-order valence-corrected chi connectivity index (χ4v) is 7.12. The minimum absolute atomic E-state index is 0.0584. The van der Waals surface area contributed by atoms with Crippen LogP contribution in [0.3, 0.4) is 0 Å². The Balaban J connectivity index is 1.06. The smallest absolute Gasteiger partial charge is 0.318 e. The summed E-state index contributed by atoms with van der Waals surface area (Å²) in [6.45, 7) is 8.62. The van der Waals surface area contributed by atoms with E-state index >= 15 is 0 Å². The molecule has 1 unspecified atom stereocenters. The molecule has 3 aromatic rings. The van der Waals surface area contributed by atoms with Crippen molar-refractivity contribution >= 4 is 29.2 Å². The lowest BCUT2D eigenvalue weighted by Gasteiger charge is -2.41. The second kappa shape index (κ2) is 12.9. The molecule has 224 valence electrons. The van der Waals surface area contributed by atoms with Gasteiger partial charge in [0.1, 0.15) is 6.33 Å². The molecule has 1 N–H and O–H groups in total. The number of piperidine rings is 1. The normalized spacial score (nSPS) is 19.3. The lowest BCUT2D eigenvalue weighted by Crippen LogP contribution is -2.51. The lowest BCUT2D eigenvalue weighted by atomic mass is 9.98. The molecule has 2 fully saturated rings. The van der Waals surface area contributed by atoms with Crippen LogP contribution in [0.2, 0.25) is 10.0 Å². The van der Waals surface area contributed by atoms with Gasteiger partial charge < -0.3 is 10.2 Å². The van der Waals surface area contributed by atoms with E-state index in [1.165, 1.54) is 11.1 Å².